The topological polar surface area (TPSA) is 65.2 Å². The van der Waals surface area contributed by atoms with Crippen molar-refractivity contribution in [3.8, 4) is 0 Å². The standard InChI is InChI=1S/C18H23N3O2S/c1-12-4-3-5-15-14(11-19-17(12)15)10-16(22)20-13(2)18(23)21-6-8-24-9-7-21/h3-5,11,13,19H,6-10H2,1-2H3,(H,20,22)/t13-/m1/s1. The van der Waals surface area contributed by atoms with Crippen LogP contribution in [0.1, 0.15) is 18.1 Å². The van der Waals surface area contributed by atoms with Crippen molar-refractivity contribution in [2.24, 2.45) is 0 Å². The second kappa shape index (κ2) is 7.30. The first-order chi connectivity index (χ1) is 11.6. The third-order valence-electron chi connectivity index (χ3n) is 4.43. The van der Waals surface area contributed by atoms with Gasteiger partial charge in [0.1, 0.15) is 6.04 Å². The van der Waals surface area contributed by atoms with Crippen LogP contribution in [0.5, 0.6) is 0 Å². The molecule has 5 nitrogen and oxygen atoms in total. The summed E-state index contributed by atoms with van der Waals surface area (Å²) >= 11 is 1.86. The van der Waals surface area contributed by atoms with Crippen LogP contribution in [0.15, 0.2) is 24.4 Å². The number of nitrogens with one attached hydrogen (secondary N) is 2. The van der Waals surface area contributed by atoms with Gasteiger partial charge in [-0.1, -0.05) is 18.2 Å². The van der Waals surface area contributed by atoms with E-state index in [2.05, 4.69) is 10.3 Å². The minimum Gasteiger partial charge on any atom is -0.361 e. The lowest BCUT2D eigenvalue weighted by atomic mass is 10.1. The number of thioether (sulfide) groups is 1. The number of para-hydroxylation sites is 1. The van der Waals surface area contributed by atoms with Crippen LogP contribution < -0.4 is 5.32 Å². The number of rotatable bonds is 4. The zero-order valence-corrected chi connectivity index (χ0v) is 14.9. The molecule has 24 heavy (non-hydrogen) atoms. The Morgan fingerprint density at radius 3 is 2.83 bits per heavy atom. The summed E-state index contributed by atoms with van der Waals surface area (Å²) in [4.78, 5) is 29.8. The van der Waals surface area contributed by atoms with Gasteiger partial charge in [-0.3, -0.25) is 9.59 Å². The highest BCUT2D eigenvalue weighted by Gasteiger charge is 2.23. The van der Waals surface area contributed by atoms with Gasteiger partial charge in [0.25, 0.3) is 0 Å². The van der Waals surface area contributed by atoms with Crippen LogP contribution in [0.2, 0.25) is 0 Å². The van der Waals surface area contributed by atoms with E-state index in [0.717, 1.165) is 46.6 Å². The second-order valence-electron chi connectivity index (χ2n) is 6.22. The normalized spacial score (nSPS) is 16.2. The summed E-state index contributed by atoms with van der Waals surface area (Å²) in [5.41, 5.74) is 3.18. The van der Waals surface area contributed by atoms with Crippen LogP contribution in [0.3, 0.4) is 0 Å². The molecule has 0 bridgehead atoms. The zero-order chi connectivity index (χ0) is 17.1. The van der Waals surface area contributed by atoms with Gasteiger partial charge in [-0.15, -0.1) is 0 Å². The summed E-state index contributed by atoms with van der Waals surface area (Å²) in [5.74, 6) is 1.84. The molecule has 1 fully saturated rings. The number of hydrogen-bond donors (Lipinski definition) is 2. The summed E-state index contributed by atoms with van der Waals surface area (Å²) in [6.45, 7) is 5.35. The van der Waals surface area contributed by atoms with Crippen molar-refractivity contribution < 1.29 is 9.59 Å². The molecule has 2 aromatic rings. The van der Waals surface area contributed by atoms with Gasteiger partial charge >= 0.3 is 0 Å². The first-order valence-corrected chi connectivity index (χ1v) is 9.43. The molecule has 1 aromatic heterocycles. The zero-order valence-electron chi connectivity index (χ0n) is 14.1. The van der Waals surface area contributed by atoms with E-state index in [-0.39, 0.29) is 18.2 Å². The van der Waals surface area contributed by atoms with E-state index in [1.807, 2.05) is 48.0 Å². The maximum Gasteiger partial charge on any atom is 0.244 e. The van der Waals surface area contributed by atoms with Gasteiger partial charge in [0.15, 0.2) is 0 Å². The predicted octanol–water partition coefficient (Wildman–Crippen LogP) is 2.10. The highest BCUT2D eigenvalue weighted by atomic mass is 32.2. The minimum absolute atomic E-state index is 0.0124. The van der Waals surface area contributed by atoms with Gasteiger partial charge in [-0.05, 0) is 25.0 Å². The van der Waals surface area contributed by atoms with E-state index in [0.29, 0.717) is 0 Å². The Morgan fingerprint density at radius 2 is 2.08 bits per heavy atom. The number of carbonyl (C=O) groups is 2. The fourth-order valence-electron chi connectivity index (χ4n) is 3.10. The number of aromatic nitrogens is 1. The summed E-state index contributed by atoms with van der Waals surface area (Å²) in [7, 11) is 0. The lowest BCUT2D eigenvalue weighted by Crippen LogP contribution is -2.49. The molecule has 1 aromatic carbocycles. The Hall–Kier alpha value is -1.95. The fourth-order valence-corrected chi connectivity index (χ4v) is 4.00. The Bertz CT molecular complexity index is 750. The average Bonchev–Trinajstić information content (AvgIpc) is 2.99. The Balaban J connectivity index is 1.62. The summed E-state index contributed by atoms with van der Waals surface area (Å²) in [5, 5.41) is 3.91. The maximum atomic E-state index is 12.4. The lowest BCUT2D eigenvalue weighted by molar-refractivity contribution is -0.135. The largest absolute Gasteiger partial charge is 0.361 e. The summed E-state index contributed by atoms with van der Waals surface area (Å²) < 4.78 is 0. The van der Waals surface area contributed by atoms with Crippen LogP contribution in [0, 0.1) is 6.92 Å². The highest BCUT2D eigenvalue weighted by Crippen LogP contribution is 2.21. The predicted molar refractivity (Wildman–Crippen MR) is 98.2 cm³/mol. The monoisotopic (exact) mass is 345 g/mol. The molecule has 0 saturated carbocycles. The quantitative estimate of drug-likeness (QED) is 0.892. The third-order valence-corrected chi connectivity index (χ3v) is 5.37. The van der Waals surface area contributed by atoms with Crippen molar-refractivity contribution in [1.29, 1.82) is 0 Å². The highest BCUT2D eigenvalue weighted by molar-refractivity contribution is 7.99. The molecule has 0 radical (unpaired) electrons. The lowest BCUT2D eigenvalue weighted by Gasteiger charge is -2.29. The molecule has 0 aliphatic carbocycles. The van der Waals surface area contributed by atoms with Crippen LogP contribution in [0.25, 0.3) is 10.9 Å². The Kier molecular flexibility index (Phi) is 5.14. The number of benzene rings is 1. The number of nitrogens with zero attached hydrogens (tertiary/aromatic N) is 1. The maximum absolute atomic E-state index is 12.4. The van der Waals surface area contributed by atoms with E-state index in [9.17, 15) is 9.59 Å². The Labute approximate surface area is 146 Å². The van der Waals surface area contributed by atoms with Crippen LogP contribution in [-0.2, 0) is 16.0 Å². The molecule has 1 atom stereocenters. The Morgan fingerprint density at radius 1 is 1.33 bits per heavy atom. The molecule has 2 heterocycles. The fraction of sp³-hybridized carbons (Fsp3) is 0.444. The minimum atomic E-state index is -0.479. The average molecular weight is 345 g/mol. The van der Waals surface area contributed by atoms with E-state index in [4.69, 9.17) is 0 Å². The second-order valence-corrected chi connectivity index (χ2v) is 7.44. The molecule has 0 spiro atoms. The molecular weight excluding hydrogens is 322 g/mol. The van der Waals surface area contributed by atoms with Crippen molar-refractivity contribution in [2.45, 2.75) is 26.3 Å². The van der Waals surface area contributed by atoms with Crippen molar-refractivity contribution in [1.82, 2.24) is 15.2 Å². The molecule has 3 rings (SSSR count). The van der Waals surface area contributed by atoms with Crippen molar-refractivity contribution in [3.63, 3.8) is 0 Å². The molecule has 128 valence electrons. The van der Waals surface area contributed by atoms with Gasteiger partial charge in [0.2, 0.25) is 11.8 Å². The molecule has 0 unspecified atom stereocenters. The van der Waals surface area contributed by atoms with Gasteiger partial charge in [-0.2, -0.15) is 11.8 Å². The molecule has 1 aliphatic heterocycles. The van der Waals surface area contributed by atoms with E-state index in [1.54, 1.807) is 6.92 Å². The number of aromatic amines is 1. The molecule has 2 N–H and O–H groups in total. The van der Waals surface area contributed by atoms with Gasteiger partial charge in [-0.25, -0.2) is 0 Å². The van der Waals surface area contributed by atoms with E-state index >= 15 is 0 Å². The van der Waals surface area contributed by atoms with Crippen LogP contribution >= 0.6 is 11.8 Å². The number of carbonyl (C=O) groups excluding carboxylic acids is 2. The molecule has 1 aliphatic rings. The van der Waals surface area contributed by atoms with Gasteiger partial charge < -0.3 is 15.2 Å². The SMILES string of the molecule is Cc1cccc2c(CC(=O)N[C@H](C)C(=O)N3CCSCC3)c[nH]c12. The van der Waals surface area contributed by atoms with Crippen molar-refractivity contribution in [3.05, 3.63) is 35.5 Å². The summed E-state index contributed by atoms with van der Waals surface area (Å²) in [6.07, 6.45) is 2.16. The number of hydrogen-bond acceptors (Lipinski definition) is 3. The van der Waals surface area contributed by atoms with E-state index in [1.165, 1.54) is 0 Å². The van der Waals surface area contributed by atoms with E-state index < -0.39 is 6.04 Å². The number of H-pyrrole nitrogens is 1. The van der Waals surface area contributed by atoms with Crippen molar-refractivity contribution in [2.75, 3.05) is 24.6 Å². The smallest absolute Gasteiger partial charge is 0.244 e. The van der Waals surface area contributed by atoms with Crippen molar-refractivity contribution >= 4 is 34.5 Å². The third kappa shape index (κ3) is 3.59. The van der Waals surface area contributed by atoms with Crippen LogP contribution in [0.4, 0.5) is 0 Å². The van der Waals surface area contributed by atoms with Gasteiger partial charge in [0.05, 0.1) is 6.42 Å². The molecule has 2 amide bonds. The number of fused-ring (bicyclic) bond motifs is 1. The molecular formula is C18H23N3O2S. The first kappa shape index (κ1) is 16.9. The molecule has 1 saturated heterocycles. The molecule has 6 heteroatoms. The summed E-state index contributed by atoms with van der Waals surface area (Å²) in [6, 6.07) is 5.57. The van der Waals surface area contributed by atoms with Crippen LogP contribution in [-0.4, -0.2) is 52.3 Å². The first-order valence-electron chi connectivity index (χ1n) is 8.27. The van der Waals surface area contributed by atoms with Gasteiger partial charge in [0, 0.05) is 41.7 Å². The number of amides is 2. The number of aryl methyl sites for hydroxylation is 1.